The number of hydrogen-bond acceptors (Lipinski definition) is 1. The van der Waals surface area contributed by atoms with Crippen molar-refractivity contribution in [3.8, 4) is 0 Å². The van der Waals surface area contributed by atoms with Crippen LogP contribution < -0.4 is 0 Å². The van der Waals surface area contributed by atoms with Crippen LogP contribution in [-0.4, -0.2) is 5.78 Å². The molecule has 0 radical (unpaired) electrons. The molecule has 0 N–H and O–H groups in total. The molecule has 0 spiro atoms. The van der Waals surface area contributed by atoms with Crippen molar-refractivity contribution in [2.45, 2.75) is 6.42 Å². The summed E-state index contributed by atoms with van der Waals surface area (Å²) < 4.78 is 14.5. The molecule has 0 amide bonds. The van der Waals surface area contributed by atoms with Crippen molar-refractivity contribution in [1.82, 2.24) is 0 Å². The van der Waals surface area contributed by atoms with Gasteiger partial charge in [-0.15, -0.1) is 0 Å². The van der Waals surface area contributed by atoms with Gasteiger partial charge in [0.25, 0.3) is 0 Å². The fraction of sp³-hybridized carbons (Fsp3) is 0.0714. The lowest BCUT2D eigenvalue weighted by atomic mass is 10.0. The van der Waals surface area contributed by atoms with E-state index in [2.05, 4.69) is 31.9 Å². The summed E-state index contributed by atoms with van der Waals surface area (Å²) in [6, 6.07) is 9.41. The summed E-state index contributed by atoms with van der Waals surface area (Å²) in [6.07, 6.45) is 0.136. The lowest BCUT2D eigenvalue weighted by molar-refractivity contribution is 0.0992. The summed E-state index contributed by atoms with van der Waals surface area (Å²) in [5.41, 5.74) is 1.16. The Balaban J connectivity index is 2.25. The molecule has 0 heterocycles. The second kappa shape index (κ2) is 6.16. The van der Waals surface area contributed by atoms with E-state index in [1.807, 2.05) is 0 Å². The molecule has 5 heteroatoms. The molecule has 0 saturated carbocycles. The Morgan fingerprint density at radius 1 is 1.16 bits per heavy atom. The maximum absolute atomic E-state index is 13.2. The van der Waals surface area contributed by atoms with Gasteiger partial charge in [0.05, 0.1) is 0 Å². The second-order valence-corrected chi connectivity index (χ2v) is 6.21. The largest absolute Gasteiger partial charge is 0.294 e. The predicted octanol–water partition coefficient (Wildman–Crippen LogP) is 5.43. The maximum Gasteiger partial charge on any atom is 0.168 e. The highest BCUT2D eigenvalue weighted by molar-refractivity contribution is 9.10. The van der Waals surface area contributed by atoms with Gasteiger partial charge < -0.3 is 0 Å². The summed E-state index contributed by atoms with van der Waals surface area (Å²) in [7, 11) is 0. The first kappa shape index (κ1) is 14.7. The minimum absolute atomic E-state index is 0.0963. The van der Waals surface area contributed by atoms with Crippen LogP contribution in [0.3, 0.4) is 0 Å². The third-order valence-electron chi connectivity index (χ3n) is 2.52. The van der Waals surface area contributed by atoms with Gasteiger partial charge >= 0.3 is 0 Å². The van der Waals surface area contributed by atoms with E-state index in [9.17, 15) is 9.18 Å². The molecule has 1 nitrogen and oxygen atoms in total. The molecule has 0 aromatic heterocycles. The highest BCUT2D eigenvalue weighted by Crippen LogP contribution is 2.23. The van der Waals surface area contributed by atoms with Gasteiger partial charge in [0, 0.05) is 26.0 Å². The van der Waals surface area contributed by atoms with Crippen LogP contribution in [-0.2, 0) is 6.42 Å². The minimum Gasteiger partial charge on any atom is -0.294 e. The molecule has 0 aliphatic carbocycles. The Bertz CT molecular complexity index is 623. The summed E-state index contributed by atoms with van der Waals surface area (Å²) in [4.78, 5) is 12.2. The zero-order valence-electron chi connectivity index (χ0n) is 9.59. The fourth-order valence-corrected chi connectivity index (χ4v) is 3.13. The number of benzene rings is 2. The zero-order valence-corrected chi connectivity index (χ0v) is 13.5. The molecule has 0 fully saturated rings. The van der Waals surface area contributed by atoms with Gasteiger partial charge in [-0.1, -0.05) is 27.5 Å². The normalized spacial score (nSPS) is 10.5. The van der Waals surface area contributed by atoms with Crippen LogP contribution >= 0.6 is 43.5 Å². The highest BCUT2D eigenvalue weighted by Gasteiger charge is 2.12. The number of rotatable bonds is 3. The summed E-state index contributed by atoms with van der Waals surface area (Å²) in [5.74, 6) is -0.464. The average Bonchev–Trinajstić information content (AvgIpc) is 2.26. The summed E-state index contributed by atoms with van der Waals surface area (Å²) in [6.45, 7) is 0. The molecule has 0 atom stereocenters. The first-order valence-electron chi connectivity index (χ1n) is 5.39. The molecule has 0 bridgehead atoms. The number of Topliss-reactive ketones (excluding diaryl/α,β-unsaturated/α-hetero) is 1. The Morgan fingerprint density at radius 2 is 1.89 bits per heavy atom. The van der Waals surface area contributed by atoms with Crippen molar-refractivity contribution in [2.75, 3.05) is 0 Å². The van der Waals surface area contributed by atoms with E-state index in [1.165, 1.54) is 12.1 Å². The number of carbonyl (C=O) groups is 1. The third-order valence-corrected chi connectivity index (χ3v) is 3.87. The van der Waals surface area contributed by atoms with Crippen LogP contribution in [0.5, 0.6) is 0 Å². The van der Waals surface area contributed by atoms with Gasteiger partial charge in [0.15, 0.2) is 5.78 Å². The molecule has 2 aromatic carbocycles. The van der Waals surface area contributed by atoms with Crippen molar-refractivity contribution in [1.29, 1.82) is 0 Å². The fourth-order valence-electron chi connectivity index (χ4n) is 1.71. The topological polar surface area (TPSA) is 17.1 Å². The lowest BCUT2D eigenvalue weighted by Gasteiger charge is -2.05. The number of ketones is 1. The Hall–Kier alpha value is -0.710. The van der Waals surface area contributed by atoms with Crippen molar-refractivity contribution in [2.24, 2.45) is 0 Å². The number of halogens is 4. The maximum atomic E-state index is 13.2. The lowest BCUT2D eigenvalue weighted by Crippen LogP contribution is -2.04. The third kappa shape index (κ3) is 3.88. The van der Waals surface area contributed by atoms with Crippen LogP contribution in [0.4, 0.5) is 4.39 Å². The number of carbonyl (C=O) groups excluding carboxylic acids is 1. The zero-order chi connectivity index (χ0) is 14.0. The first-order chi connectivity index (χ1) is 8.95. The van der Waals surface area contributed by atoms with Gasteiger partial charge in [0.1, 0.15) is 5.82 Å². The van der Waals surface area contributed by atoms with Crippen molar-refractivity contribution in [3.63, 3.8) is 0 Å². The Morgan fingerprint density at radius 3 is 2.53 bits per heavy atom. The van der Waals surface area contributed by atoms with E-state index in [-0.39, 0.29) is 18.0 Å². The van der Waals surface area contributed by atoms with Crippen LogP contribution in [0.25, 0.3) is 0 Å². The minimum atomic E-state index is -0.368. The molecule has 0 aliphatic rings. The van der Waals surface area contributed by atoms with E-state index >= 15 is 0 Å². The smallest absolute Gasteiger partial charge is 0.168 e. The Kier molecular flexibility index (Phi) is 4.76. The highest BCUT2D eigenvalue weighted by atomic mass is 79.9. The Labute approximate surface area is 132 Å². The van der Waals surface area contributed by atoms with E-state index in [4.69, 9.17) is 11.6 Å². The predicted molar refractivity (Wildman–Crippen MR) is 81.3 cm³/mol. The van der Waals surface area contributed by atoms with E-state index in [0.717, 1.165) is 0 Å². The molecular formula is C14H8Br2ClFO. The molecule has 2 aromatic rings. The SMILES string of the molecule is O=C(Cc1cc(F)cc(Br)c1)c1ccc(Cl)cc1Br. The van der Waals surface area contributed by atoms with Gasteiger partial charge in [-0.3, -0.25) is 4.79 Å². The van der Waals surface area contributed by atoms with Crippen LogP contribution in [0.15, 0.2) is 45.3 Å². The summed E-state index contributed by atoms with van der Waals surface area (Å²) >= 11 is 12.3. The molecular weight excluding hydrogens is 398 g/mol. The van der Waals surface area contributed by atoms with Crippen molar-refractivity contribution in [3.05, 3.63) is 67.3 Å². The molecule has 19 heavy (non-hydrogen) atoms. The van der Waals surface area contributed by atoms with Crippen LogP contribution in [0.2, 0.25) is 5.02 Å². The van der Waals surface area contributed by atoms with Gasteiger partial charge in [0.2, 0.25) is 0 Å². The molecule has 2 rings (SSSR count). The molecule has 0 unspecified atom stereocenters. The first-order valence-corrected chi connectivity index (χ1v) is 7.35. The van der Waals surface area contributed by atoms with E-state index in [0.29, 0.717) is 25.1 Å². The second-order valence-electron chi connectivity index (χ2n) is 4.00. The van der Waals surface area contributed by atoms with Gasteiger partial charge in [-0.25, -0.2) is 4.39 Å². The number of hydrogen-bond donors (Lipinski definition) is 0. The molecule has 0 aliphatic heterocycles. The molecule has 98 valence electrons. The van der Waals surface area contributed by atoms with Crippen molar-refractivity contribution >= 4 is 49.2 Å². The molecule has 0 saturated heterocycles. The standard InChI is InChI=1S/C14H8Br2ClFO/c15-9-3-8(4-11(18)6-9)5-14(19)12-2-1-10(17)7-13(12)16/h1-4,6-7H,5H2. The van der Waals surface area contributed by atoms with Gasteiger partial charge in [-0.2, -0.15) is 0 Å². The summed E-state index contributed by atoms with van der Waals surface area (Å²) in [5, 5.41) is 0.553. The van der Waals surface area contributed by atoms with Crippen LogP contribution in [0, 0.1) is 5.82 Å². The van der Waals surface area contributed by atoms with Crippen LogP contribution in [0.1, 0.15) is 15.9 Å². The van der Waals surface area contributed by atoms with Crippen molar-refractivity contribution < 1.29 is 9.18 Å². The average molecular weight is 406 g/mol. The van der Waals surface area contributed by atoms with E-state index < -0.39 is 0 Å². The quantitative estimate of drug-likeness (QED) is 0.621. The monoisotopic (exact) mass is 404 g/mol. The van der Waals surface area contributed by atoms with E-state index in [1.54, 1.807) is 24.3 Å². The van der Waals surface area contributed by atoms with Gasteiger partial charge in [-0.05, 0) is 57.9 Å².